The molecule has 2 aromatic rings. The largest absolute Gasteiger partial charge is 0.417 e. The Morgan fingerprint density at radius 2 is 1.89 bits per heavy atom. The Morgan fingerprint density at radius 1 is 1.18 bits per heavy atom. The Kier molecular flexibility index (Phi) is 6.14. The van der Waals surface area contributed by atoms with Crippen molar-refractivity contribution in [1.82, 2.24) is 10.9 Å². The molecule has 1 unspecified atom stereocenters. The van der Waals surface area contributed by atoms with Gasteiger partial charge in [0.1, 0.15) is 0 Å². The first-order valence-corrected chi connectivity index (χ1v) is 9.46. The van der Waals surface area contributed by atoms with Gasteiger partial charge < -0.3 is 11.1 Å². The van der Waals surface area contributed by atoms with E-state index in [2.05, 4.69) is 10.4 Å². The van der Waals surface area contributed by atoms with Gasteiger partial charge in [-0.2, -0.15) is 13.2 Å². The molecule has 8 N–H and O–H groups in total. The van der Waals surface area contributed by atoms with E-state index in [0.717, 1.165) is 25.6 Å². The van der Waals surface area contributed by atoms with Gasteiger partial charge in [-0.05, 0) is 53.6 Å². The van der Waals surface area contributed by atoms with Gasteiger partial charge in [0, 0.05) is 17.0 Å². The minimum atomic E-state index is -4.58. The number of alkyl halides is 3. The van der Waals surface area contributed by atoms with Crippen molar-refractivity contribution in [2.45, 2.75) is 23.4 Å². The fourth-order valence-corrected chi connectivity index (χ4v) is 4.07. The SMILES string of the molecule is NN/N=C(\N)c1c(-c2ccc(C3CCNC3)cc2)ccc(C(F)(F)F)c1SN. The molecule has 1 fully saturated rings. The molecular weight excluding hydrogens is 389 g/mol. The van der Waals surface area contributed by atoms with Crippen LogP contribution in [-0.4, -0.2) is 18.9 Å². The Bertz CT molecular complexity index is 861. The van der Waals surface area contributed by atoms with Crippen molar-refractivity contribution in [1.29, 1.82) is 0 Å². The van der Waals surface area contributed by atoms with Crippen molar-refractivity contribution in [3.63, 3.8) is 0 Å². The number of nitrogens with one attached hydrogen (secondary N) is 2. The molecule has 0 aliphatic carbocycles. The van der Waals surface area contributed by atoms with Crippen LogP contribution in [0.5, 0.6) is 0 Å². The molecule has 0 radical (unpaired) electrons. The van der Waals surface area contributed by atoms with Crippen molar-refractivity contribution in [2.24, 2.45) is 21.8 Å². The normalized spacial score (nSPS) is 17.8. The molecule has 1 atom stereocenters. The summed E-state index contributed by atoms with van der Waals surface area (Å²) in [7, 11) is 0. The van der Waals surface area contributed by atoms with Crippen LogP contribution in [0.4, 0.5) is 13.2 Å². The summed E-state index contributed by atoms with van der Waals surface area (Å²) in [6.07, 6.45) is -3.52. The average molecular weight is 410 g/mol. The maximum absolute atomic E-state index is 13.4. The molecule has 3 rings (SSSR count). The number of benzene rings is 2. The highest BCUT2D eigenvalue weighted by molar-refractivity contribution is 7.97. The first-order valence-electron chi connectivity index (χ1n) is 8.58. The van der Waals surface area contributed by atoms with Gasteiger partial charge in [-0.25, -0.2) is 11.4 Å². The number of nitrogens with two attached hydrogens (primary N) is 3. The van der Waals surface area contributed by atoms with Crippen molar-refractivity contribution in [3.8, 4) is 11.1 Å². The van der Waals surface area contributed by atoms with E-state index in [9.17, 15) is 13.2 Å². The molecule has 1 aliphatic rings. The minimum absolute atomic E-state index is 0.0931. The van der Waals surface area contributed by atoms with Crippen LogP contribution in [0.2, 0.25) is 0 Å². The Hall–Kier alpha value is -2.27. The number of hydrogen-bond acceptors (Lipinski definition) is 6. The summed E-state index contributed by atoms with van der Waals surface area (Å²) in [5, 5.41) is 12.6. The molecule has 0 spiro atoms. The zero-order valence-electron chi connectivity index (χ0n) is 14.9. The minimum Gasteiger partial charge on any atom is -0.382 e. The van der Waals surface area contributed by atoms with Gasteiger partial charge in [-0.3, -0.25) is 5.14 Å². The van der Waals surface area contributed by atoms with Crippen LogP contribution in [0.25, 0.3) is 11.1 Å². The third-order valence-corrected chi connectivity index (χ3v) is 5.44. The predicted molar refractivity (Wildman–Crippen MR) is 105 cm³/mol. The summed E-state index contributed by atoms with van der Waals surface area (Å²) in [5.41, 5.74) is 9.56. The second kappa shape index (κ2) is 8.39. The van der Waals surface area contributed by atoms with Gasteiger partial charge in [0.05, 0.1) is 5.56 Å². The lowest BCUT2D eigenvalue weighted by atomic mass is 9.92. The highest BCUT2D eigenvalue weighted by Gasteiger charge is 2.36. The molecule has 6 nitrogen and oxygen atoms in total. The van der Waals surface area contributed by atoms with Gasteiger partial charge in [-0.1, -0.05) is 30.3 Å². The van der Waals surface area contributed by atoms with Crippen LogP contribution < -0.4 is 27.6 Å². The maximum Gasteiger partial charge on any atom is 0.417 e. The van der Waals surface area contributed by atoms with Crippen LogP contribution in [0.15, 0.2) is 46.4 Å². The lowest BCUT2D eigenvalue weighted by Gasteiger charge is -2.19. The molecule has 0 amide bonds. The molecule has 0 saturated carbocycles. The number of hydrazine groups is 1. The molecule has 28 heavy (non-hydrogen) atoms. The number of hydrazone groups is 1. The number of rotatable bonds is 5. The second-order valence-corrected chi connectivity index (χ2v) is 7.06. The lowest BCUT2D eigenvalue weighted by Crippen LogP contribution is -2.25. The van der Waals surface area contributed by atoms with E-state index in [-0.39, 0.29) is 16.3 Å². The first kappa shape index (κ1) is 20.5. The van der Waals surface area contributed by atoms with Crippen molar-refractivity contribution >= 4 is 17.8 Å². The average Bonchev–Trinajstić information content (AvgIpc) is 3.21. The molecular formula is C18H21F3N6S. The Balaban J connectivity index is 2.13. The van der Waals surface area contributed by atoms with E-state index in [4.69, 9.17) is 16.7 Å². The summed E-state index contributed by atoms with van der Waals surface area (Å²) in [6, 6.07) is 10.1. The Morgan fingerprint density at radius 3 is 2.43 bits per heavy atom. The van der Waals surface area contributed by atoms with E-state index < -0.39 is 11.7 Å². The van der Waals surface area contributed by atoms with Gasteiger partial charge in [0.2, 0.25) is 0 Å². The molecule has 10 heteroatoms. The number of amidine groups is 1. The molecule has 0 bridgehead atoms. The van der Waals surface area contributed by atoms with Crippen LogP contribution in [0, 0.1) is 0 Å². The van der Waals surface area contributed by atoms with E-state index in [1.54, 1.807) is 0 Å². The van der Waals surface area contributed by atoms with Crippen molar-refractivity contribution in [3.05, 3.63) is 53.1 Å². The highest BCUT2D eigenvalue weighted by Crippen LogP contribution is 2.41. The number of halogens is 3. The smallest absolute Gasteiger partial charge is 0.382 e. The van der Waals surface area contributed by atoms with E-state index >= 15 is 0 Å². The summed E-state index contributed by atoms with van der Waals surface area (Å²) >= 11 is 0.478. The molecule has 2 aromatic carbocycles. The third kappa shape index (κ3) is 4.09. The predicted octanol–water partition coefficient (Wildman–Crippen LogP) is 2.50. The van der Waals surface area contributed by atoms with Crippen LogP contribution in [-0.2, 0) is 6.18 Å². The summed E-state index contributed by atoms with van der Waals surface area (Å²) < 4.78 is 40.3. The second-order valence-electron chi connectivity index (χ2n) is 6.42. The number of hydrogen-bond donors (Lipinski definition) is 5. The van der Waals surface area contributed by atoms with E-state index in [1.807, 2.05) is 29.8 Å². The van der Waals surface area contributed by atoms with Gasteiger partial charge >= 0.3 is 6.18 Å². The molecule has 0 aromatic heterocycles. The van der Waals surface area contributed by atoms with E-state index in [0.29, 0.717) is 29.0 Å². The molecule has 1 aliphatic heterocycles. The highest BCUT2D eigenvalue weighted by atomic mass is 32.2. The van der Waals surface area contributed by atoms with Crippen LogP contribution >= 0.6 is 11.9 Å². The van der Waals surface area contributed by atoms with Crippen LogP contribution in [0.3, 0.4) is 0 Å². The third-order valence-electron chi connectivity index (χ3n) is 4.78. The quantitative estimate of drug-likeness (QED) is 0.170. The number of nitrogens with zero attached hydrogens (tertiary/aromatic N) is 1. The summed E-state index contributed by atoms with van der Waals surface area (Å²) in [6.45, 7) is 1.90. The fourth-order valence-electron chi connectivity index (χ4n) is 3.42. The zero-order valence-corrected chi connectivity index (χ0v) is 15.7. The van der Waals surface area contributed by atoms with Crippen molar-refractivity contribution in [2.75, 3.05) is 13.1 Å². The fraction of sp³-hybridized carbons (Fsp3) is 0.278. The monoisotopic (exact) mass is 410 g/mol. The molecule has 1 heterocycles. The van der Waals surface area contributed by atoms with E-state index in [1.165, 1.54) is 11.6 Å². The molecule has 1 saturated heterocycles. The maximum atomic E-state index is 13.4. The lowest BCUT2D eigenvalue weighted by molar-refractivity contribution is -0.139. The standard InChI is InChI=1S/C18H21F3N6S/c19-18(20,21)14-6-5-13(15(16(14)28-24)17(22)26-27-23)11-3-1-10(2-4-11)12-7-8-25-9-12/h1-6,12,25,27H,7-9,23-24H2,(H2,22,26). The van der Waals surface area contributed by atoms with Gasteiger partial charge in [-0.15, -0.1) is 5.10 Å². The summed E-state index contributed by atoms with van der Waals surface area (Å²) in [5.74, 6) is 5.43. The molecule has 150 valence electrons. The summed E-state index contributed by atoms with van der Waals surface area (Å²) in [4.78, 5) is -0.203. The first-order chi connectivity index (χ1) is 13.4. The van der Waals surface area contributed by atoms with Gasteiger partial charge in [0.25, 0.3) is 0 Å². The zero-order chi connectivity index (χ0) is 20.3. The van der Waals surface area contributed by atoms with Crippen LogP contribution in [0.1, 0.15) is 29.0 Å². The Labute approximate surface area is 164 Å². The topological polar surface area (TPSA) is 114 Å². The van der Waals surface area contributed by atoms with Gasteiger partial charge in [0.15, 0.2) is 5.84 Å². The van der Waals surface area contributed by atoms with Crippen molar-refractivity contribution < 1.29 is 13.2 Å².